The number of carbonyl (C=O) groups excluding carboxylic acids is 1. The van der Waals surface area contributed by atoms with Crippen molar-refractivity contribution in [2.75, 3.05) is 0 Å². The summed E-state index contributed by atoms with van der Waals surface area (Å²) in [6.07, 6.45) is 6.87. The Morgan fingerprint density at radius 3 is 2.22 bits per heavy atom. The maximum atomic E-state index is 12.4. The van der Waals surface area contributed by atoms with Crippen LogP contribution in [0.1, 0.15) is 58.8 Å². The molecule has 1 atom stereocenters. The molecule has 18 heavy (non-hydrogen) atoms. The van der Waals surface area contributed by atoms with Gasteiger partial charge in [-0.2, -0.15) is 0 Å². The highest BCUT2D eigenvalue weighted by Crippen LogP contribution is 2.42. The van der Waals surface area contributed by atoms with Crippen LogP contribution >= 0.6 is 0 Å². The number of carboxylic acids is 1. The van der Waals surface area contributed by atoms with Gasteiger partial charge in [-0.1, -0.05) is 26.2 Å². The molecule has 0 aromatic heterocycles. The summed E-state index contributed by atoms with van der Waals surface area (Å²) in [7, 11) is 0. The first-order chi connectivity index (χ1) is 8.38. The van der Waals surface area contributed by atoms with E-state index < -0.39 is 11.5 Å². The Kier molecular flexibility index (Phi) is 3.39. The number of hydrogen-bond donors (Lipinski definition) is 2. The summed E-state index contributed by atoms with van der Waals surface area (Å²) in [5.74, 6) is -0.872. The molecule has 2 fully saturated rings. The average molecular weight is 253 g/mol. The SMILES string of the molecule is CC1(C(=O)NC(C)(C(=O)O)C2CC2)CCCCC1. The molecular formula is C14H23NO3. The van der Waals surface area contributed by atoms with Gasteiger partial charge in [-0.05, 0) is 38.5 Å². The number of carbonyl (C=O) groups is 2. The van der Waals surface area contributed by atoms with Crippen LogP contribution in [0.2, 0.25) is 0 Å². The van der Waals surface area contributed by atoms with Crippen LogP contribution < -0.4 is 5.32 Å². The second-order valence-corrected chi connectivity index (χ2v) is 6.36. The van der Waals surface area contributed by atoms with Crippen molar-refractivity contribution in [2.24, 2.45) is 11.3 Å². The number of aliphatic carboxylic acids is 1. The summed E-state index contributed by atoms with van der Waals surface area (Å²) in [5, 5.41) is 12.2. The van der Waals surface area contributed by atoms with Gasteiger partial charge in [0.05, 0.1) is 0 Å². The van der Waals surface area contributed by atoms with Crippen LogP contribution in [-0.4, -0.2) is 22.5 Å². The number of carboxylic acid groups (broad SMARTS) is 1. The minimum Gasteiger partial charge on any atom is -0.480 e. The van der Waals surface area contributed by atoms with E-state index in [0.29, 0.717) is 0 Å². The second-order valence-electron chi connectivity index (χ2n) is 6.36. The van der Waals surface area contributed by atoms with Gasteiger partial charge in [-0.25, -0.2) is 4.79 Å². The molecule has 0 aliphatic heterocycles. The fraction of sp³-hybridized carbons (Fsp3) is 0.857. The molecule has 0 aromatic carbocycles. The Labute approximate surface area is 108 Å². The number of hydrogen-bond acceptors (Lipinski definition) is 2. The first-order valence-corrected chi connectivity index (χ1v) is 6.94. The van der Waals surface area contributed by atoms with E-state index in [2.05, 4.69) is 5.32 Å². The predicted molar refractivity (Wildman–Crippen MR) is 68.1 cm³/mol. The van der Waals surface area contributed by atoms with Crippen LogP contribution in [-0.2, 0) is 9.59 Å². The number of nitrogens with one attached hydrogen (secondary N) is 1. The zero-order chi connectivity index (χ0) is 13.4. The monoisotopic (exact) mass is 253 g/mol. The van der Waals surface area contributed by atoms with E-state index in [9.17, 15) is 14.7 Å². The van der Waals surface area contributed by atoms with Crippen molar-refractivity contribution in [1.82, 2.24) is 5.32 Å². The lowest BCUT2D eigenvalue weighted by Crippen LogP contribution is -2.57. The lowest BCUT2D eigenvalue weighted by atomic mass is 9.74. The van der Waals surface area contributed by atoms with Gasteiger partial charge in [0.2, 0.25) is 5.91 Å². The lowest BCUT2D eigenvalue weighted by Gasteiger charge is -2.36. The fourth-order valence-electron chi connectivity index (χ4n) is 2.94. The number of amides is 1. The molecular weight excluding hydrogens is 230 g/mol. The molecule has 4 nitrogen and oxygen atoms in total. The van der Waals surface area contributed by atoms with E-state index in [4.69, 9.17) is 0 Å². The first kappa shape index (κ1) is 13.4. The van der Waals surface area contributed by atoms with Gasteiger partial charge in [0.25, 0.3) is 0 Å². The molecule has 4 heteroatoms. The lowest BCUT2D eigenvalue weighted by molar-refractivity contribution is -0.150. The van der Waals surface area contributed by atoms with Crippen LogP contribution in [0.3, 0.4) is 0 Å². The van der Waals surface area contributed by atoms with E-state index in [1.54, 1.807) is 6.92 Å². The highest BCUT2D eigenvalue weighted by atomic mass is 16.4. The molecule has 0 radical (unpaired) electrons. The van der Waals surface area contributed by atoms with Crippen molar-refractivity contribution in [2.45, 2.75) is 64.3 Å². The molecule has 2 aliphatic rings. The molecule has 102 valence electrons. The molecule has 0 saturated heterocycles. The summed E-state index contributed by atoms with van der Waals surface area (Å²) in [5.41, 5.74) is -1.44. The molecule has 2 saturated carbocycles. The molecule has 2 aliphatic carbocycles. The van der Waals surface area contributed by atoms with Gasteiger partial charge in [-0.3, -0.25) is 4.79 Å². The van der Waals surface area contributed by atoms with Crippen molar-refractivity contribution >= 4 is 11.9 Å². The van der Waals surface area contributed by atoms with E-state index in [0.717, 1.165) is 38.5 Å². The third-order valence-corrected chi connectivity index (χ3v) is 4.72. The van der Waals surface area contributed by atoms with Gasteiger partial charge >= 0.3 is 5.97 Å². The van der Waals surface area contributed by atoms with Crippen molar-refractivity contribution in [3.05, 3.63) is 0 Å². The van der Waals surface area contributed by atoms with E-state index >= 15 is 0 Å². The Balaban J connectivity index is 2.07. The maximum absolute atomic E-state index is 12.4. The molecule has 0 bridgehead atoms. The van der Waals surface area contributed by atoms with E-state index in [1.165, 1.54) is 6.42 Å². The number of rotatable bonds is 4. The Hall–Kier alpha value is -1.06. The van der Waals surface area contributed by atoms with Gasteiger partial charge in [0, 0.05) is 5.41 Å². The van der Waals surface area contributed by atoms with Crippen LogP contribution in [0.4, 0.5) is 0 Å². The third kappa shape index (κ3) is 2.38. The minimum atomic E-state index is -1.07. The molecule has 1 amide bonds. The van der Waals surface area contributed by atoms with Crippen molar-refractivity contribution in [1.29, 1.82) is 0 Å². The second kappa shape index (κ2) is 4.56. The van der Waals surface area contributed by atoms with Crippen LogP contribution in [0, 0.1) is 11.3 Å². The smallest absolute Gasteiger partial charge is 0.329 e. The molecule has 1 unspecified atom stereocenters. The summed E-state index contributed by atoms with van der Waals surface area (Å²) in [4.78, 5) is 23.8. The predicted octanol–water partition coefficient (Wildman–Crippen LogP) is 2.33. The van der Waals surface area contributed by atoms with Crippen molar-refractivity contribution in [3.8, 4) is 0 Å². The quantitative estimate of drug-likeness (QED) is 0.808. The summed E-state index contributed by atoms with van der Waals surface area (Å²) < 4.78 is 0. The summed E-state index contributed by atoms with van der Waals surface area (Å²) in [6.45, 7) is 3.62. The van der Waals surface area contributed by atoms with E-state index in [1.807, 2.05) is 6.92 Å². The van der Waals surface area contributed by atoms with Gasteiger partial charge in [0.1, 0.15) is 5.54 Å². The van der Waals surface area contributed by atoms with Crippen LogP contribution in [0.15, 0.2) is 0 Å². The standard InChI is InChI=1S/C14H23NO3/c1-13(8-4-3-5-9-13)11(16)15-14(2,12(17)18)10-6-7-10/h10H,3-9H2,1-2H3,(H,15,16)(H,17,18). The average Bonchev–Trinajstić information content (AvgIpc) is 3.13. The summed E-state index contributed by atoms with van der Waals surface area (Å²) in [6, 6.07) is 0. The largest absolute Gasteiger partial charge is 0.480 e. The summed E-state index contributed by atoms with van der Waals surface area (Å²) >= 11 is 0. The zero-order valence-corrected chi connectivity index (χ0v) is 11.3. The molecule has 0 spiro atoms. The molecule has 0 heterocycles. The molecule has 0 aromatic rings. The normalized spacial score (nSPS) is 26.1. The molecule has 2 N–H and O–H groups in total. The van der Waals surface area contributed by atoms with Gasteiger partial charge in [-0.15, -0.1) is 0 Å². The van der Waals surface area contributed by atoms with Gasteiger partial charge in [0.15, 0.2) is 0 Å². The maximum Gasteiger partial charge on any atom is 0.329 e. The third-order valence-electron chi connectivity index (χ3n) is 4.72. The van der Waals surface area contributed by atoms with Crippen LogP contribution in [0.5, 0.6) is 0 Å². The van der Waals surface area contributed by atoms with E-state index in [-0.39, 0.29) is 17.2 Å². The first-order valence-electron chi connectivity index (χ1n) is 6.94. The topological polar surface area (TPSA) is 66.4 Å². The van der Waals surface area contributed by atoms with Crippen molar-refractivity contribution in [3.63, 3.8) is 0 Å². The Morgan fingerprint density at radius 1 is 1.22 bits per heavy atom. The minimum absolute atomic E-state index is 0.0704. The van der Waals surface area contributed by atoms with Crippen LogP contribution in [0.25, 0.3) is 0 Å². The Morgan fingerprint density at radius 2 is 1.78 bits per heavy atom. The Bertz CT molecular complexity index is 356. The highest BCUT2D eigenvalue weighted by molar-refractivity contribution is 5.90. The zero-order valence-electron chi connectivity index (χ0n) is 11.3. The fourth-order valence-corrected chi connectivity index (χ4v) is 2.94. The highest BCUT2D eigenvalue weighted by Gasteiger charge is 2.50. The van der Waals surface area contributed by atoms with Gasteiger partial charge < -0.3 is 10.4 Å². The van der Waals surface area contributed by atoms with Crippen molar-refractivity contribution < 1.29 is 14.7 Å². The molecule has 2 rings (SSSR count).